The minimum absolute atomic E-state index is 0.132. The Hall–Kier alpha value is -2.55. The van der Waals surface area contributed by atoms with Crippen molar-refractivity contribution in [2.45, 2.75) is 32.0 Å². The van der Waals surface area contributed by atoms with Gasteiger partial charge in [0.2, 0.25) is 5.91 Å². The lowest BCUT2D eigenvalue weighted by atomic mass is 10.1. The fraction of sp³-hybridized carbons (Fsp3) is 0.273. The number of hydrogen-bond acceptors (Lipinski definition) is 5. The standard InChI is InChI=1S/C22H23Cl2N5O2S/c1-12-5-6-13(2)18(9-12)26-19(30)11-32-22-28-27-20(29(22)4)14(3)25-21(31)16-8-7-15(23)10-17(16)24/h5-10,14H,11H2,1-4H3,(H,25,31)(H,26,30)/t14-/m0/s1. The number of halogens is 2. The molecule has 2 aromatic carbocycles. The predicted octanol–water partition coefficient (Wildman–Crippen LogP) is 4.96. The van der Waals surface area contributed by atoms with E-state index in [-0.39, 0.29) is 22.6 Å². The van der Waals surface area contributed by atoms with Crippen molar-refractivity contribution in [3.8, 4) is 0 Å². The van der Waals surface area contributed by atoms with Gasteiger partial charge in [0.05, 0.1) is 22.4 Å². The maximum atomic E-state index is 12.6. The highest BCUT2D eigenvalue weighted by molar-refractivity contribution is 7.99. The van der Waals surface area contributed by atoms with E-state index in [1.165, 1.54) is 17.8 Å². The Morgan fingerprint density at radius 3 is 2.59 bits per heavy atom. The quantitative estimate of drug-likeness (QED) is 0.455. The van der Waals surface area contributed by atoms with Crippen molar-refractivity contribution >= 4 is 52.5 Å². The van der Waals surface area contributed by atoms with E-state index in [0.29, 0.717) is 21.6 Å². The Morgan fingerprint density at radius 2 is 1.88 bits per heavy atom. The molecule has 0 unspecified atom stereocenters. The summed E-state index contributed by atoms with van der Waals surface area (Å²) in [6, 6.07) is 10.2. The number of carbonyl (C=O) groups is 2. The maximum Gasteiger partial charge on any atom is 0.253 e. The van der Waals surface area contributed by atoms with Gasteiger partial charge in [-0.15, -0.1) is 10.2 Å². The first kappa shape index (κ1) is 24.1. The van der Waals surface area contributed by atoms with Gasteiger partial charge in [0.25, 0.3) is 5.91 Å². The minimum Gasteiger partial charge on any atom is -0.342 e. The lowest BCUT2D eigenvalue weighted by Crippen LogP contribution is -2.28. The van der Waals surface area contributed by atoms with Gasteiger partial charge in [0, 0.05) is 17.8 Å². The lowest BCUT2D eigenvalue weighted by Gasteiger charge is -2.14. The second-order valence-electron chi connectivity index (χ2n) is 7.37. The van der Waals surface area contributed by atoms with Crippen LogP contribution in [0.2, 0.25) is 10.0 Å². The SMILES string of the molecule is Cc1ccc(C)c(NC(=O)CSc2nnc([C@H](C)NC(=O)c3ccc(Cl)cc3Cl)n2C)c1. The summed E-state index contributed by atoms with van der Waals surface area (Å²) in [6.07, 6.45) is 0. The zero-order valence-electron chi connectivity index (χ0n) is 18.1. The van der Waals surface area contributed by atoms with Gasteiger partial charge in [-0.1, -0.05) is 47.1 Å². The molecular weight excluding hydrogens is 469 g/mol. The molecule has 0 aliphatic carbocycles. The molecule has 10 heteroatoms. The number of nitrogens with zero attached hydrogens (tertiary/aromatic N) is 3. The third-order valence-electron chi connectivity index (χ3n) is 4.78. The van der Waals surface area contributed by atoms with Crippen LogP contribution in [0.3, 0.4) is 0 Å². The molecule has 2 amide bonds. The number of thioether (sulfide) groups is 1. The molecule has 0 radical (unpaired) electrons. The number of aromatic nitrogens is 3. The number of benzene rings is 2. The zero-order valence-corrected chi connectivity index (χ0v) is 20.4. The number of nitrogens with one attached hydrogen (secondary N) is 2. The third kappa shape index (κ3) is 5.82. The summed E-state index contributed by atoms with van der Waals surface area (Å²) in [5.41, 5.74) is 3.20. The number of amides is 2. The van der Waals surface area contributed by atoms with Gasteiger partial charge in [-0.05, 0) is 56.2 Å². The lowest BCUT2D eigenvalue weighted by molar-refractivity contribution is -0.113. The number of carbonyl (C=O) groups excluding carboxylic acids is 2. The first-order valence-electron chi connectivity index (χ1n) is 9.80. The summed E-state index contributed by atoms with van der Waals surface area (Å²) in [5.74, 6) is 0.262. The number of hydrogen-bond donors (Lipinski definition) is 2. The van der Waals surface area contributed by atoms with Crippen molar-refractivity contribution in [3.05, 3.63) is 69.0 Å². The largest absolute Gasteiger partial charge is 0.342 e. The first-order chi connectivity index (χ1) is 15.2. The summed E-state index contributed by atoms with van der Waals surface area (Å²) in [5, 5.41) is 15.4. The third-order valence-corrected chi connectivity index (χ3v) is 6.35. The van der Waals surface area contributed by atoms with Crippen LogP contribution >= 0.6 is 35.0 Å². The maximum absolute atomic E-state index is 12.6. The van der Waals surface area contributed by atoms with Gasteiger partial charge < -0.3 is 15.2 Å². The van der Waals surface area contributed by atoms with Gasteiger partial charge in [-0.2, -0.15) is 0 Å². The molecule has 3 aromatic rings. The van der Waals surface area contributed by atoms with E-state index in [0.717, 1.165) is 16.8 Å². The first-order valence-corrected chi connectivity index (χ1v) is 11.5. The Bertz CT molecular complexity index is 1170. The molecule has 0 bridgehead atoms. The van der Waals surface area contributed by atoms with E-state index in [1.54, 1.807) is 30.7 Å². The second kappa shape index (κ2) is 10.4. The predicted molar refractivity (Wildman–Crippen MR) is 129 cm³/mol. The van der Waals surface area contributed by atoms with E-state index >= 15 is 0 Å². The number of rotatable bonds is 7. The second-order valence-corrected chi connectivity index (χ2v) is 9.16. The van der Waals surface area contributed by atoms with Gasteiger partial charge in [-0.3, -0.25) is 9.59 Å². The number of anilines is 1. The highest BCUT2D eigenvalue weighted by atomic mass is 35.5. The van der Waals surface area contributed by atoms with Gasteiger partial charge in [0.1, 0.15) is 0 Å². The summed E-state index contributed by atoms with van der Waals surface area (Å²) >= 11 is 13.3. The summed E-state index contributed by atoms with van der Waals surface area (Å²) in [7, 11) is 1.79. The van der Waals surface area contributed by atoms with Crippen LogP contribution < -0.4 is 10.6 Å². The van der Waals surface area contributed by atoms with Crippen LogP contribution in [-0.2, 0) is 11.8 Å². The van der Waals surface area contributed by atoms with Crippen molar-refractivity contribution in [2.24, 2.45) is 7.05 Å². The van der Waals surface area contributed by atoms with E-state index in [1.807, 2.05) is 32.0 Å². The minimum atomic E-state index is -0.426. The van der Waals surface area contributed by atoms with Crippen molar-refractivity contribution in [3.63, 3.8) is 0 Å². The van der Waals surface area contributed by atoms with Gasteiger partial charge in [-0.25, -0.2) is 0 Å². The van der Waals surface area contributed by atoms with Crippen LogP contribution in [-0.4, -0.2) is 32.3 Å². The summed E-state index contributed by atoms with van der Waals surface area (Å²) in [4.78, 5) is 25.0. The topological polar surface area (TPSA) is 88.9 Å². The molecule has 1 aromatic heterocycles. The molecule has 1 atom stereocenters. The molecule has 0 spiro atoms. The molecular formula is C22H23Cl2N5O2S. The zero-order chi connectivity index (χ0) is 23.4. The normalized spacial score (nSPS) is 11.8. The molecule has 0 saturated carbocycles. The molecule has 168 valence electrons. The Labute approximate surface area is 200 Å². The van der Waals surface area contributed by atoms with Crippen LogP contribution in [0.25, 0.3) is 0 Å². The molecule has 0 fully saturated rings. The van der Waals surface area contributed by atoms with Crippen molar-refractivity contribution in [1.82, 2.24) is 20.1 Å². The van der Waals surface area contributed by atoms with Crippen LogP contribution in [0.1, 0.15) is 40.3 Å². The van der Waals surface area contributed by atoms with Crippen molar-refractivity contribution < 1.29 is 9.59 Å². The van der Waals surface area contributed by atoms with Crippen molar-refractivity contribution in [2.75, 3.05) is 11.1 Å². The highest BCUT2D eigenvalue weighted by Gasteiger charge is 2.20. The Morgan fingerprint density at radius 1 is 1.12 bits per heavy atom. The summed E-state index contributed by atoms with van der Waals surface area (Å²) < 4.78 is 1.75. The highest BCUT2D eigenvalue weighted by Crippen LogP contribution is 2.23. The van der Waals surface area contributed by atoms with Crippen molar-refractivity contribution in [1.29, 1.82) is 0 Å². The van der Waals surface area contributed by atoms with Crippen LogP contribution in [0.15, 0.2) is 41.6 Å². The molecule has 7 nitrogen and oxygen atoms in total. The average molecular weight is 492 g/mol. The smallest absolute Gasteiger partial charge is 0.253 e. The Balaban J connectivity index is 1.61. The van der Waals surface area contributed by atoms with Gasteiger partial charge >= 0.3 is 0 Å². The summed E-state index contributed by atoms with van der Waals surface area (Å²) in [6.45, 7) is 5.73. The van der Waals surface area contributed by atoms with E-state index in [9.17, 15) is 9.59 Å². The molecule has 3 rings (SSSR count). The molecule has 0 saturated heterocycles. The molecule has 0 aliphatic rings. The van der Waals surface area contributed by atoms with Crippen LogP contribution in [0.4, 0.5) is 5.69 Å². The fourth-order valence-electron chi connectivity index (χ4n) is 3.03. The fourth-order valence-corrected chi connectivity index (χ4v) is 4.24. The van der Waals surface area contributed by atoms with E-state index in [2.05, 4.69) is 20.8 Å². The average Bonchev–Trinajstić information content (AvgIpc) is 3.09. The Kier molecular flexibility index (Phi) is 7.82. The van der Waals surface area contributed by atoms with Gasteiger partial charge in [0.15, 0.2) is 11.0 Å². The van der Waals surface area contributed by atoms with E-state index < -0.39 is 6.04 Å². The van der Waals surface area contributed by atoms with E-state index in [4.69, 9.17) is 23.2 Å². The molecule has 0 aliphatic heterocycles. The molecule has 32 heavy (non-hydrogen) atoms. The number of aryl methyl sites for hydroxylation is 2. The molecule has 2 N–H and O–H groups in total. The molecule has 1 heterocycles. The van der Waals surface area contributed by atoms with Crippen LogP contribution in [0, 0.1) is 13.8 Å². The monoisotopic (exact) mass is 491 g/mol. The van der Waals surface area contributed by atoms with Crippen LogP contribution in [0.5, 0.6) is 0 Å².